The van der Waals surface area contributed by atoms with Crippen molar-refractivity contribution in [3.63, 3.8) is 0 Å². The highest BCUT2D eigenvalue weighted by atomic mass is 16.7. The van der Waals surface area contributed by atoms with Crippen LogP contribution in [0.3, 0.4) is 0 Å². The molecule has 0 amide bonds. The quantitative estimate of drug-likeness (QED) is 0.497. The molecule has 2 aromatic rings. The fraction of sp³-hybridized carbons (Fsp3) is 0.440. The van der Waals surface area contributed by atoms with Gasteiger partial charge in [-0.3, -0.25) is 9.59 Å². The second-order valence-corrected chi connectivity index (χ2v) is 8.00. The van der Waals surface area contributed by atoms with E-state index >= 15 is 0 Å². The fourth-order valence-electron chi connectivity index (χ4n) is 4.08. The van der Waals surface area contributed by atoms with Gasteiger partial charge in [-0.1, -0.05) is 60.7 Å². The summed E-state index contributed by atoms with van der Waals surface area (Å²) >= 11 is 0. The minimum absolute atomic E-state index is 0.137. The number of carboxylic acids is 2. The van der Waals surface area contributed by atoms with Crippen LogP contribution in [0.25, 0.3) is 0 Å². The van der Waals surface area contributed by atoms with E-state index in [-0.39, 0.29) is 32.5 Å². The van der Waals surface area contributed by atoms with Gasteiger partial charge in [0.1, 0.15) is 6.10 Å². The predicted octanol–water partition coefficient (Wildman–Crippen LogP) is 3.48. The van der Waals surface area contributed by atoms with Crippen LogP contribution in [0, 0.1) is 5.92 Å². The van der Waals surface area contributed by atoms with Gasteiger partial charge in [-0.15, -0.1) is 0 Å². The molecule has 5 atom stereocenters. The van der Waals surface area contributed by atoms with Crippen molar-refractivity contribution in [2.24, 2.45) is 5.92 Å². The first-order valence-electron chi connectivity index (χ1n) is 10.9. The van der Waals surface area contributed by atoms with Crippen LogP contribution >= 0.6 is 0 Å². The fourth-order valence-corrected chi connectivity index (χ4v) is 4.08. The summed E-state index contributed by atoms with van der Waals surface area (Å²) in [6.07, 6.45) is -3.12. The van der Waals surface area contributed by atoms with Gasteiger partial charge in [0.05, 0.1) is 31.8 Å². The Bertz CT molecular complexity index is 872. The van der Waals surface area contributed by atoms with Gasteiger partial charge in [0.25, 0.3) is 0 Å². The third-order valence-electron chi connectivity index (χ3n) is 5.64. The molecule has 0 aromatic heterocycles. The van der Waals surface area contributed by atoms with Gasteiger partial charge in [-0.2, -0.15) is 0 Å². The molecule has 3 unspecified atom stereocenters. The summed E-state index contributed by atoms with van der Waals surface area (Å²) in [6.45, 7) is 0.480. The van der Waals surface area contributed by atoms with Gasteiger partial charge in [0, 0.05) is 19.4 Å². The van der Waals surface area contributed by atoms with Gasteiger partial charge in [-0.05, 0) is 17.5 Å². The summed E-state index contributed by atoms with van der Waals surface area (Å²) in [5.74, 6) is -2.57. The number of methoxy groups -OCH3 is 1. The summed E-state index contributed by atoms with van der Waals surface area (Å²) in [5.41, 5.74) is 1.84. The third kappa shape index (κ3) is 7.36. The van der Waals surface area contributed by atoms with Gasteiger partial charge >= 0.3 is 11.9 Å². The Morgan fingerprint density at radius 3 is 1.88 bits per heavy atom. The molecule has 1 heterocycles. The largest absolute Gasteiger partial charge is 0.481 e. The Morgan fingerprint density at radius 2 is 1.39 bits per heavy atom. The van der Waals surface area contributed by atoms with E-state index in [1.807, 2.05) is 60.7 Å². The molecule has 33 heavy (non-hydrogen) atoms. The molecule has 8 heteroatoms. The molecule has 178 valence electrons. The van der Waals surface area contributed by atoms with Gasteiger partial charge in [-0.25, -0.2) is 0 Å². The van der Waals surface area contributed by atoms with Gasteiger partial charge < -0.3 is 29.2 Å². The van der Waals surface area contributed by atoms with Crippen LogP contribution in [-0.4, -0.2) is 53.9 Å². The van der Waals surface area contributed by atoms with E-state index in [0.29, 0.717) is 0 Å². The molecule has 1 saturated heterocycles. The van der Waals surface area contributed by atoms with Crippen molar-refractivity contribution in [2.45, 2.75) is 57.1 Å². The van der Waals surface area contributed by atoms with Crippen LogP contribution in [0.5, 0.6) is 0 Å². The molecule has 1 fully saturated rings. The Balaban J connectivity index is 1.84. The molecule has 2 N–H and O–H groups in total. The minimum Gasteiger partial charge on any atom is -0.481 e. The summed E-state index contributed by atoms with van der Waals surface area (Å²) in [6, 6.07) is 19.0. The molecule has 0 saturated carbocycles. The van der Waals surface area contributed by atoms with E-state index in [2.05, 4.69) is 0 Å². The van der Waals surface area contributed by atoms with E-state index in [1.165, 1.54) is 7.11 Å². The maximum Gasteiger partial charge on any atom is 0.303 e. The van der Waals surface area contributed by atoms with Crippen molar-refractivity contribution in [2.75, 3.05) is 7.11 Å². The molecular formula is C25H30O8. The summed E-state index contributed by atoms with van der Waals surface area (Å²) in [4.78, 5) is 23.0. The van der Waals surface area contributed by atoms with Crippen LogP contribution in [-0.2, 0) is 41.8 Å². The van der Waals surface area contributed by atoms with E-state index in [9.17, 15) is 19.8 Å². The zero-order chi connectivity index (χ0) is 23.6. The second-order valence-electron chi connectivity index (χ2n) is 8.00. The lowest BCUT2D eigenvalue weighted by atomic mass is 9.84. The standard InChI is InChI=1S/C25H30O8/c1-30-25-24(32-16-18-10-6-3-7-11-18)19(14-22(28)29)23(20(33-25)12-13-21(26)27)31-15-17-8-4-2-5-9-17/h2-11,19-20,23-25H,12-16H2,1H3,(H,26,27)(H,28,29)/t19?,20?,23-,24?,25-/m0/s1. The average molecular weight is 459 g/mol. The van der Waals surface area contributed by atoms with Crippen molar-refractivity contribution in [1.29, 1.82) is 0 Å². The van der Waals surface area contributed by atoms with E-state index in [0.717, 1.165) is 11.1 Å². The van der Waals surface area contributed by atoms with E-state index in [1.54, 1.807) is 0 Å². The van der Waals surface area contributed by atoms with Gasteiger partial charge in [0.15, 0.2) is 6.29 Å². The Kier molecular flexibility index (Phi) is 9.38. The summed E-state index contributed by atoms with van der Waals surface area (Å²) < 4.78 is 23.9. The van der Waals surface area contributed by atoms with E-state index < -0.39 is 42.5 Å². The molecule has 3 rings (SSSR count). The molecule has 8 nitrogen and oxygen atoms in total. The van der Waals surface area contributed by atoms with E-state index in [4.69, 9.17) is 18.9 Å². The topological polar surface area (TPSA) is 112 Å². The third-order valence-corrected chi connectivity index (χ3v) is 5.64. The van der Waals surface area contributed by atoms with Crippen LogP contribution in [0.15, 0.2) is 60.7 Å². The number of benzene rings is 2. The Labute approximate surface area is 193 Å². The highest BCUT2D eigenvalue weighted by Gasteiger charge is 2.48. The van der Waals surface area contributed by atoms with Crippen LogP contribution in [0.4, 0.5) is 0 Å². The van der Waals surface area contributed by atoms with Crippen molar-refractivity contribution in [3.8, 4) is 0 Å². The summed E-state index contributed by atoms with van der Waals surface area (Å²) in [7, 11) is 1.46. The SMILES string of the molecule is CO[C@H]1OC(CCC(=O)O)[C@@H](OCc2ccccc2)C(CC(=O)O)C1OCc1ccccc1. The van der Waals surface area contributed by atoms with Crippen molar-refractivity contribution in [1.82, 2.24) is 0 Å². The zero-order valence-electron chi connectivity index (χ0n) is 18.5. The number of carboxylic acid groups (broad SMARTS) is 2. The maximum absolute atomic E-state index is 11.8. The first kappa shape index (κ1) is 24.9. The number of ether oxygens (including phenoxy) is 4. The Hall–Kier alpha value is -2.78. The molecule has 1 aliphatic heterocycles. The van der Waals surface area contributed by atoms with Crippen molar-refractivity contribution >= 4 is 11.9 Å². The number of carbonyl (C=O) groups is 2. The average Bonchev–Trinajstić information content (AvgIpc) is 2.81. The molecular weight excluding hydrogens is 428 g/mol. The normalized spacial score (nSPS) is 24.9. The number of rotatable bonds is 12. The van der Waals surface area contributed by atoms with Gasteiger partial charge in [0.2, 0.25) is 0 Å². The smallest absolute Gasteiger partial charge is 0.303 e. The molecule has 1 aliphatic rings. The molecule has 0 spiro atoms. The minimum atomic E-state index is -1.00. The number of aliphatic carboxylic acids is 2. The molecule has 0 bridgehead atoms. The van der Waals surface area contributed by atoms with Crippen LogP contribution in [0.2, 0.25) is 0 Å². The highest BCUT2D eigenvalue weighted by Crippen LogP contribution is 2.36. The first-order valence-corrected chi connectivity index (χ1v) is 10.9. The second kappa shape index (κ2) is 12.5. The van der Waals surface area contributed by atoms with Crippen molar-refractivity contribution in [3.05, 3.63) is 71.8 Å². The van der Waals surface area contributed by atoms with Crippen molar-refractivity contribution < 1.29 is 38.7 Å². The van der Waals surface area contributed by atoms with Crippen LogP contribution in [0.1, 0.15) is 30.4 Å². The lowest BCUT2D eigenvalue weighted by Gasteiger charge is -2.45. The number of hydrogen-bond donors (Lipinski definition) is 2. The zero-order valence-corrected chi connectivity index (χ0v) is 18.5. The molecule has 0 radical (unpaired) electrons. The van der Waals surface area contributed by atoms with Crippen LogP contribution < -0.4 is 0 Å². The Morgan fingerprint density at radius 1 is 0.848 bits per heavy atom. The summed E-state index contributed by atoms with van der Waals surface area (Å²) in [5, 5.41) is 18.8. The lowest BCUT2D eigenvalue weighted by Crippen LogP contribution is -2.57. The monoisotopic (exact) mass is 458 g/mol. The highest BCUT2D eigenvalue weighted by molar-refractivity contribution is 5.67. The molecule has 0 aliphatic carbocycles. The molecule has 2 aromatic carbocycles. The lowest BCUT2D eigenvalue weighted by molar-refractivity contribution is -0.299. The first-order chi connectivity index (χ1) is 16.0. The predicted molar refractivity (Wildman–Crippen MR) is 118 cm³/mol. The number of hydrogen-bond acceptors (Lipinski definition) is 6. The maximum atomic E-state index is 11.8.